The van der Waals surface area contributed by atoms with E-state index in [4.69, 9.17) is 4.74 Å². The highest BCUT2D eigenvalue weighted by Gasteiger charge is 2.39. The number of rotatable bonds is 3. The molecule has 2 N–H and O–H groups in total. The molecule has 3 aromatic rings. The number of carbonyl (C=O) groups is 1. The first-order valence-corrected chi connectivity index (χ1v) is 8.37. The molecule has 130 valence electrons. The van der Waals surface area contributed by atoms with E-state index in [1.807, 2.05) is 36.9 Å². The predicted molar refractivity (Wildman–Crippen MR) is 93.3 cm³/mol. The van der Waals surface area contributed by atoms with Gasteiger partial charge in [0, 0.05) is 31.2 Å². The van der Waals surface area contributed by atoms with E-state index >= 15 is 0 Å². The lowest BCUT2D eigenvalue weighted by atomic mass is 10.1. The van der Waals surface area contributed by atoms with Crippen LogP contribution in [0.5, 0.6) is 0 Å². The van der Waals surface area contributed by atoms with Crippen LogP contribution in [-0.2, 0) is 4.74 Å². The number of benzene rings is 1. The van der Waals surface area contributed by atoms with Crippen molar-refractivity contribution in [3.05, 3.63) is 47.2 Å². The molecule has 1 fully saturated rings. The average Bonchev–Trinajstić information content (AvgIpc) is 3.32. The van der Waals surface area contributed by atoms with Gasteiger partial charge in [-0.1, -0.05) is 6.07 Å². The standard InChI is InChI=1S/C18H21N5O2/c1-10-11(2)21-17(20-10)16-7-12(25-3)9-23(16)18(24)13-5-4-6-15-14(13)8-19-22-15/h4-6,8,12,16H,7,9H2,1-3H3,(H,19,22)(H,20,21)/t12-,16+/m1/s1. The molecule has 7 nitrogen and oxygen atoms in total. The van der Waals surface area contributed by atoms with Crippen LogP contribution in [-0.4, -0.2) is 50.7 Å². The molecule has 0 aliphatic carbocycles. The monoisotopic (exact) mass is 339 g/mol. The van der Waals surface area contributed by atoms with Crippen LogP contribution in [0.1, 0.15) is 40.0 Å². The third-order valence-electron chi connectivity index (χ3n) is 5.03. The third kappa shape index (κ3) is 2.60. The Labute approximate surface area is 145 Å². The third-order valence-corrected chi connectivity index (χ3v) is 5.03. The van der Waals surface area contributed by atoms with Crippen LogP contribution >= 0.6 is 0 Å². The number of nitrogens with zero attached hydrogens (tertiary/aromatic N) is 3. The topological polar surface area (TPSA) is 86.9 Å². The second-order valence-electron chi connectivity index (χ2n) is 6.54. The van der Waals surface area contributed by atoms with Crippen LogP contribution in [0.3, 0.4) is 0 Å². The van der Waals surface area contributed by atoms with Gasteiger partial charge in [0.15, 0.2) is 0 Å². The molecular formula is C18H21N5O2. The Hall–Kier alpha value is -2.67. The SMILES string of the molecule is CO[C@@H]1C[C@@H](c2nc(C)c(C)[nH]2)N(C(=O)c2cccc3[nH]ncc23)C1. The fourth-order valence-electron chi connectivity index (χ4n) is 3.49. The summed E-state index contributed by atoms with van der Waals surface area (Å²) in [6.07, 6.45) is 2.43. The van der Waals surface area contributed by atoms with E-state index in [0.29, 0.717) is 12.1 Å². The summed E-state index contributed by atoms with van der Waals surface area (Å²) in [5, 5.41) is 7.80. The summed E-state index contributed by atoms with van der Waals surface area (Å²) >= 11 is 0. The van der Waals surface area contributed by atoms with Crippen LogP contribution in [0.15, 0.2) is 24.4 Å². The maximum Gasteiger partial charge on any atom is 0.255 e. The largest absolute Gasteiger partial charge is 0.380 e. The van der Waals surface area contributed by atoms with Crippen molar-refractivity contribution in [3.63, 3.8) is 0 Å². The summed E-state index contributed by atoms with van der Waals surface area (Å²) < 4.78 is 5.53. The minimum atomic E-state index is -0.119. The Bertz CT molecular complexity index is 909. The summed E-state index contributed by atoms with van der Waals surface area (Å²) in [7, 11) is 1.69. The van der Waals surface area contributed by atoms with E-state index in [1.54, 1.807) is 13.3 Å². The number of aromatic amines is 2. The molecule has 1 amide bonds. The summed E-state index contributed by atoms with van der Waals surface area (Å²) in [5.41, 5.74) is 3.49. The number of imidazole rings is 1. The Morgan fingerprint density at radius 2 is 2.20 bits per heavy atom. The van der Waals surface area contributed by atoms with Crippen molar-refractivity contribution >= 4 is 16.8 Å². The number of aryl methyl sites for hydroxylation is 2. The second-order valence-corrected chi connectivity index (χ2v) is 6.54. The smallest absolute Gasteiger partial charge is 0.255 e. The number of hydrogen-bond acceptors (Lipinski definition) is 4. The molecule has 0 unspecified atom stereocenters. The molecule has 0 saturated carbocycles. The van der Waals surface area contributed by atoms with Gasteiger partial charge in [-0.25, -0.2) is 4.98 Å². The molecule has 3 heterocycles. The number of ether oxygens (including phenoxy) is 1. The number of nitrogens with one attached hydrogen (secondary N) is 2. The van der Waals surface area contributed by atoms with Crippen molar-refractivity contribution in [2.45, 2.75) is 32.4 Å². The molecule has 2 atom stereocenters. The van der Waals surface area contributed by atoms with Crippen LogP contribution < -0.4 is 0 Å². The maximum absolute atomic E-state index is 13.3. The Morgan fingerprint density at radius 1 is 1.36 bits per heavy atom. The van der Waals surface area contributed by atoms with Gasteiger partial charge in [-0.15, -0.1) is 0 Å². The first-order chi connectivity index (χ1) is 12.1. The number of carbonyl (C=O) groups excluding carboxylic acids is 1. The molecule has 1 aliphatic heterocycles. The molecule has 0 radical (unpaired) electrons. The number of fused-ring (bicyclic) bond motifs is 1. The molecule has 25 heavy (non-hydrogen) atoms. The molecule has 4 rings (SSSR count). The predicted octanol–water partition coefficient (Wildman–Crippen LogP) is 2.51. The summed E-state index contributed by atoms with van der Waals surface area (Å²) in [6.45, 7) is 4.51. The zero-order chi connectivity index (χ0) is 17.6. The molecule has 0 spiro atoms. The Morgan fingerprint density at radius 3 is 2.92 bits per heavy atom. The van der Waals surface area contributed by atoms with E-state index in [-0.39, 0.29) is 18.1 Å². The van der Waals surface area contributed by atoms with Crippen molar-refractivity contribution < 1.29 is 9.53 Å². The molecular weight excluding hydrogens is 318 g/mol. The van der Waals surface area contributed by atoms with Gasteiger partial charge >= 0.3 is 0 Å². The van der Waals surface area contributed by atoms with E-state index in [1.165, 1.54) is 0 Å². The first-order valence-electron chi connectivity index (χ1n) is 8.37. The van der Waals surface area contributed by atoms with Gasteiger partial charge in [0.25, 0.3) is 5.91 Å². The molecule has 1 saturated heterocycles. The Kier molecular flexibility index (Phi) is 3.80. The summed E-state index contributed by atoms with van der Waals surface area (Å²) in [6, 6.07) is 5.51. The summed E-state index contributed by atoms with van der Waals surface area (Å²) in [5.74, 6) is 0.797. The van der Waals surface area contributed by atoms with Crippen LogP contribution in [0.4, 0.5) is 0 Å². The number of H-pyrrole nitrogens is 2. The zero-order valence-corrected chi connectivity index (χ0v) is 14.5. The van der Waals surface area contributed by atoms with Gasteiger partial charge in [-0.3, -0.25) is 9.89 Å². The number of methoxy groups -OCH3 is 1. The first kappa shape index (κ1) is 15.8. The molecule has 1 aliphatic rings. The molecule has 0 bridgehead atoms. The van der Waals surface area contributed by atoms with Crippen molar-refractivity contribution in [3.8, 4) is 0 Å². The van der Waals surface area contributed by atoms with E-state index in [9.17, 15) is 4.79 Å². The van der Waals surface area contributed by atoms with E-state index in [2.05, 4.69) is 20.2 Å². The van der Waals surface area contributed by atoms with Crippen LogP contribution in [0.2, 0.25) is 0 Å². The number of likely N-dealkylation sites (tertiary alicyclic amines) is 1. The van der Waals surface area contributed by atoms with Gasteiger partial charge in [-0.05, 0) is 26.0 Å². The number of hydrogen-bond donors (Lipinski definition) is 2. The van der Waals surface area contributed by atoms with Gasteiger partial charge in [0.1, 0.15) is 5.82 Å². The van der Waals surface area contributed by atoms with Crippen molar-refractivity contribution in [1.82, 2.24) is 25.1 Å². The fraction of sp³-hybridized carbons (Fsp3) is 0.389. The summed E-state index contributed by atoms with van der Waals surface area (Å²) in [4.78, 5) is 23.1. The van der Waals surface area contributed by atoms with Gasteiger partial charge in [-0.2, -0.15) is 5.10 Å². The number of aromatic nitrogens is 4. The number of amides is 1. The highest BCUT2D eigenvalue weighted by Crippen LogP contribution is 2.34. The van der Waals surface area contributed by atoms with Crippen LogP contribution in [0, 0.1) is 13.8 Å². The van der Waals surface area contributed by atoms with E-state index < -0.39 is 0 Å². The van der Waals surface area contributed by atoms with Crippen molar-refractivity contribution in [2.24, 2.45) is 0 Å². The molecule has 2 aromatic heterocycles. The molecule has 7 heteroatoms. The van der Waals surface area contributed by atoms with Crippen molar-refractivity contribution in [2.75, 3.05) is 13.7 Å². The van der Waals surface area contributed by atoms with E-state index in [0.717, 1.165) is 34.5 Å². The lowest BCUT2D eigenvalue weighted by Crippen LogP contribution is -2.32. The second kappa shape index (κ2) is 6.00. The minimum Gasteiger partial charge on any atom is -0.380 e. The van der Waals surface area contributed by atoms with Gasteiger partial charge < -0.3 is 14.6 Å². The zero-order valence-electron chi connectivity index (χ0n) is 14.5. The quantitative estimate of drug-likeness (QED) is 0.767. The lowest BCUT2D eigenvalue weighted by molar-refractivity contribution is 0.0686. The average molecular weight is 339 g/mol. The Balaban J connectivity index is 1.73. The fourth-order valence-corrected chi connectivity index (χ4v) is 3.49. The normalized spacial score (nSPS) is 20.5. The molecule has 1 aromatic carbocycles. The van der Waals surface area contributed by atoms with Gasteiger partial charge in [0.05, 0.1) is 35.1 Å². The minimum absolute atomic E-state index is 0.00298. The van der Waals surface area contributed by atoms with Gasteiger partial charge in [0.2, 0.25) is 0 Å². The van der Waals surface area contributed by atoms with Crippen LogP contribution in [0.25, 0.3) is 10.9 Å². The highest BCUT2D eigenvalue weighted by atomic mass is 16.5. The maximum atomic E-state index is 13.3. The van der Waals surface area contributed by atoms with Crippen molar-refractivity contribution in [1.29, 1.82) is 0 Å². The highest BCUT2D eigenvalue weighted by molar-refractivity contribution is 6.06. The lowest BCUT2D eigenvalue weighted by Gasteiger charge is -2.23.